The van der Waals surface area contributed by atoms with E-state index in [9.17, 15) is 0 Å². The fourth-order valence-electron chi connectivity index (χ4n) is 5.25. The Kier molecular flexibility index (Phi) is 4.08. The first-order valence-electron chi connectivity index (χ1n) is 10.7. The molecule has 0 spiro atoms. The standard InChI is InChI=1S/C24H26N4O/c1-9-25-28(10-1)21-5-7-23-22-6-4-17(12-16(22)8-11-29-24(23)15-21)27-20-13-18-2-3-19(14-20)26-18/h1,4-7,9-10,12,15,18-20,26-27H,2-3,8,11,13-14H2/t18-,19?,20?/m0/s1. The van der Waals surface area contributed by atoms with Crippen LogP contribution in [0, 0.1) is 0 Å². The van der Waals surface area contributed by atoms with Gasteiger partial charge in [0.15, 0.2) is 0 Å². The first-order chi connectivity index (χ1) is 14.3. The predicted molar refractivity (Wildman–Crippen MR) is 115 cm³/mol. The molecule has 0 amide bonds. The van der Waals surface area contributed by atoms with E-state index in [-0.39, 0.29) is 0 Å². The van der Waals surface area contributed by atoms with Gasteiger partial charge in [-0.15, -0.1) is 0 Å². The van der Waals surface area contributed by atoms with Gasteiger partial charge >= 0.3 is 0 Å². The number of hydrogen-bond acceptors (Lipinski definition) is 4. The minimum atomic E-state index is 0.581. The molecule has 2 aromatic carbocycles. The van der Waals surface area contributed by atoms with E-state index in [1.807, 2.05) is 16.9 Å². The summed E-state index contributed by atoms with van der Waals surface area (Å²) in [4.78, 5) is 0. The summed E-state index contributed by atoms with van der Waals surface area (Å²) in [5.74, 6) is 0.937. The Bertz CT molecular complexity index is 1020. The summed E-state index contributed by atoms with van der Waals surface area (Å²) >= 11 is 0. The Morgan fingerprint density at radius 1 is 1.03 bits per heavy atom. The Labute approximate surface area is 171 Å². The third kappa shape index (κ3) is 3.19. The van der Waals surface area contributed by atoms with E-state index in [4.69, 9.17) is 4.74 Å². The van der Waals surface area contributed by atoms with Gasteiger partial charge < -0.3 is 15.4 Å². The van der Waals surface area contributed by atoms with Crippen molar-refractivity contribution in [3.8, 4) is 22.6 Å². The third-order valence-corrected chi connectivity index (χ3v) is 6.60. The van der Waals surface area contributed by atoms with Crippen LogP contribution in [0.2, 0.25) is 0 Å². The molecule has 0 saturated carbocycles. The number of anilines is 1. The van der Waals surface area contributed by atoms with Crippen LogP contribution in [0.4, 0.5) is 5.69 Å². The van der Waals surface area contributed by atoms with E-state index in [1.54, 1.807) is 6.20 Å². The highest BCUT2D eigenvalue weighted by molar-refractivity contribution is 5.77. The predicted octanol–water partition coefficient (Wildman–Crippen LogP) is 4.17. The van der Waals surface area contributed by atoms with Gasteiger partial charge in [-0.3, -0.25) is 0 Å². The van der Waals surface area contributed by atoms with Gasteiger partial charge in [-0.2, -0.15) is 5.10 Å². The Balaban J connectivity index is 1.28. The normalized spacial score (nSPS) is 24.9. The number of fused-ring (bicyclic) bond motifs is 5. The number of aromatic nitrogens is 2. The molecule has 6 rings (SSSR count). The smallest absolute Gasteiger partial charge is 0.129 e. The van der Waals surface area contributed by atoms with E-state index >= 15 is 0 Å². The van der Waals surface area contributed by atoms with E-state index in [0.717, 1.165) is 17.9 Å². The largest absolute Gasteiger partial charge is 0.493 e. The average Bonchev–Trinajstić information content (AvgIpc) is 3.34. The van der Waals surface area contributed by atoms with Crippen molar-refractivity contribution >= 4 is 5.69 Å². The van der Waals surface area contributed by atoms with E-state index in [2.05, 4.69) is 52.1 Å². The van der Waals surface area contributed by atoms with Crippen molar-refractivity contribution in [1.82, 2.24) is 15.1 Å². The molecule has 5 heteroatoms. The number of hydrogen-bond donors (Lipinski definition) is 2. The zero-order chi connectivity index (χ0) is 19.2. The number of ether oxygens (including phenoxy) is 1. The summed E-state index contributed by atoms with van der Waals surface area (Å²) in [6.07, 6.45) is 9.81. The summed E-state index contributed by atoms with van der Waals surface area (Å²) in [5, 5.41) is 11.9. The van der Waals surface area contributed by atoms with Gasteiger partial charge in [0.1, 0.15) is 5.75 Å². The zero-order valence-corrected chi connectivity index (χ0v) is 16.5. The minimum Gasteiger partial charge on any atom is -0.493 e. The van der Waals surface area contributed by atoms with Gasteiger partial charge in [0.25, 0.3) is 0 Å². The molecule has 3 aliphatic rings. The molecule has 5 nitrogen and oxygen atoms in total. The van der Waals surface area contributed by atoms with Crippen molar-refractivity contribution in [2.24, 2.45) is 0 Å². The molecule has 0 aliphatic carbocycles. The second-order valence-corrected chi connectivity index (χ2v) is 8.55. The average molecular weight is 386 g/mol. The molecule has 29 heavy (non-hydrogen) atoms. The molecule has 148 valence electrons. The fraction of sp³-hybridized carbons (Fsp3) is 0.375. The minimum absolute atomic E-state index is 0.581. The Morgan fingerprint density at radius 2 is 1.90 bits per heavy atom. The summed E-state index contributed by atoms with van der Waals surface area (Å²) in [7, 11) is 0. The summed E-state index contributed by atoms with van der Waals surface area (Å²) in [6, 6.07) is 17.1. The molecule has 1 aromatic heterocycles. The lowest BCUT2D eigenvalue weighted by Crippen LogP contribution is -2.43. The van der Waals surface area contributed by atoms with E-state index in [1.165, 1.54) is 48.1 Å². The Hall–Kier alpha value is -2.79. The molecule has 4 heterocycles. The number of benzene rings is 2. The second-order valence-electron chi connectivity index (χ2n) is 8.55. The second kappa shape index (κ2) is 6.92. The van der Waals surface area contributed by atoms with Crippen LogP contribution in [0.15, 0.2) is 54.9 Å². The lowest BCUT2D eigenvalue weighted by molar-refractivity contribution is 0.326. The van der Waals surface area contributed by atoms with Crippen LogP contribution in [0.3, 0.4) is 0 Å². The van der Waals surface area contributed by atoms with Crippen LogP contribution < -0.4 is 15.4 Å². The summed E-state index contributed by atoms with van der Waals surface area (Å²) in [6.45, 7) is 0.698. The Morgan fingerprint density at radius 3 is 2.72 bits per heavy atom. The van der Waals surface area contributed by atoms with Crippen LogP contribution in [0.25, 0.3) is 16.8 Å². The van der Waals surface area contributed by atoms with Crippen molar-refractivity contribution in [3.05, 3.63) is 60.4 Å². The quantitative estimate of drug-likeness (QED) is 0.709. The molecular weight excluding hydrogens is 360 g/mol. The van der Waals surface area contributed by atoms with E-state index < -0.39 is 0 Å². The van der Waals surface area contributed by atoms with Crippen molar-refractivity contribution in [2.45, 2.75) is 50.2 Å². The monoisotopic (exact) mass is 386 g/mol. The van der Waals surface area contributed by atoms with Crippen molar-refractivity contribution < 1.29 is 4.74 Å². The third-order valence-electron chi connectivity index (χ3n) is 6.60. The lowest BCUT2D eigenvalue weighted by Gasteiger charge is -2.30. The van der Waals surface area contributed by atoms with Gasteiger partial charge in [0, 0.05) is 54.3 Å². The highest BCUT2D eigenvalue weighted by Crippen LogP contribution is 2.38. The van der Waals surface area contributed by atoms with Gasteiger partial charge in [-0.25, -0.2) is 4.68 Å². The maximum atomic E-state index is 6.13. The maximum absolute atomic E-state index is 6.13. The van der Waals surface area contributed by atoms with Gasteiger partial charge in [0.05, 0.1) is 12.3 Å². The number of nitrogens with zero attached hydrogens (tertiary/aromatic N) is 2. The van der Waals surface area contributed by atoms with Crippen molar-refractivity contribution in [1.29, 1.82) is 0 Å². The van der Waals surface area contributed by atoms with Crippen LogP contribution in [-0.2, 0) is 6.42 Å². The topological polar surface area (TPSA) is 51.1 Å². The highest BCUT2D eigenvalue weighted by Gasteiger charge is 2.33. The molecule has 2 unspecified atom stereocenters. The van der Waals surface area contributed by atoms with Gasteiger partial charge in [-0.1, -0.05) is 6.07 Å². The molecular formula is C24H26N4O. The molecule has 2 saturated heterocycles. The van der Waals surface area contributed by atoms with Crippen molar-refractivity contribution in [2.75, 3.05) is 11.9 Å². The number of piperidine rings is 1. The maximum Gasteiger partial charge on any atom is 0.129 e. The van der Waals surface area contributed by atoms with Gasteiger partial charge in [0.2, 0.25) is 0 Å². The summed E-state index contributed by atoms with van der Waals surface area (Å²) in [5.41, 5.74) is 6.07. The lowest BCUT2D eigenvalue weighted by atomic mass is 9.96. The number of rotatable bonds is 3. The first-order valence-corrected chi connectivity index (χ1v) is 10.7. The molecule has 2 N–H and O–H groups in total. The molecule has 2 fully saturated rings. The first kappa shape index (κ1) is 17.1. The van der Waals surface area contributed by atoms with Crippen LogP contribution in [0.5, 0.6) is 5.75 Å². The van der Waals surface area contributed by atoms with Crippen LogP contribution in [-0.4, -0.2) is 34.5 Å². The zero-order valence-electron chi connectivity index (χ0n) is 16.5. The van der Waals surface area contributed by atoms with Crippen molar-refractivity contribution in [3.63, 3.8) is 0 Å². The molecule has 0 radical (unpaired) electrons. The van der Waals surface area contributed by atoms with Gasteiger partial charge in [-0.05, 0) is 67.1 Å². The number of nitrogens with one attached hydrogen (secondary N) is 2. The van der Waals surface area contributed by atoms with Crippen LogP contribution >= 0.6 is 0 Å². The fourth-order valence-corrected chi connectivity index (χ4v) is 5.25. The highest BCUT2D eigenvalue weighted by atomic mass is 16.5. The summed E-state index contributed by atoms with van der Waals surface area (Å²) < 4.78 is 8.00. The van der Waals surface area contributed by atoms with E-state index in [0.29, 0.717) is 24.7 Å². The SMILES string of the molecule is c1cnn(-c2ccc3c(c2)OCCc2cc(NC4CC5CC[C@@H](C4)N5)ccc2-3)c1. The molecule has 2 bridgehead atoms. The molecule has 3 aliphatic heterocycles. The molecule has 3 aromatic rings. The molecule has 3 atom stereocenters. The van der Waals surface area contributed by atoms with Crippen LogP contribution in [0.1, 0.15) is 31.2 Å².